The van der Waals surface area contributed by atoms with Crippen LogP contribution < -0.4 is 0 Å². The number of ether oxygens (including phenoxy) is 2. The van der Waals surface area contributed by atoms with Gasteiger partial charge >= 0.3 is 12.1 Å². The first-order valence-electron chi connectivity index (χ1n) is 9.65. The lowest BCUT2D eigenvalue weighted by atomic mass is 10.0. The maximum Gasteiger partial charge on any atom is 0.410 e. The van der Waals surface area contributed by atoms with Crippen molar-refractivity contribution < 1.29 is 19.1 Å². The van der Waals surface area contributed by atoms with E-state index in [1.807, 2.05) is 48.7 Å². The van der Waals surface area contributed by atoms with Crippen molar-refractivity contribution in [3.05, 3.63) is 66.0 Å². The van der Waals surface area contributed by atoms with E-state index in [9.17, 15) is 9.59 Å². The molecule has 1 saturated heterocycles. The molecule has 2 unspecified atom stereocenters. The minimum atomic E-state index is -0.397. The minimum absolute atomic E-state index is 0.123. The maximum atomic E-state index is 12.8. The summed E-state index contributed by atoms with van der Waals surface area (Å²) in [5, 5.41) is 1.03. The number of fused-ring (bicyclic) bond motifs is 1. The molecule has 7 nitrogen and oxygen atoms in total. The zero-order chi connectivity index (χ0) is 20.2. The molecule has 4 rings (SSSR count). The summed E-state index contributed by atoms with van der Waals surface area (Å²) in [5.41, 5.74) is 2.81. The molecule has 2 aromatic heterocycles. The highest BCUT2D eigenvalue weighted by atomic mass is 16.6. The van der Waals surface area contributed by atoms with E-state index in [-0.39, 0.29) is 24.7 Å². The molecular weight excluding hydrogens is 370 g/mol. The largest absolute Gasteiger partial charge is 0.461 e. The van der Waals surface area contributed by atoms with Crippen molar-refractivity contribution in [1.29, 1.82) is 0 Å². The van der Waals surface area contributed by atoms with Crippen molar-refractivity contribution in [3.8, 4) is 0 Å². The van der Waals surface area contributed by atoms with Gasteiger partial charge in [-0.05, 0) is 29.7 Å². The Labute approximate surface area is 168 Å². The fraction of sp³-hybridized carbons (Fsp3) is 0.318. The van der Waals surface area contributed by atoms with Gasteiger partial charge in [0.25, 0.3) is 0 Å². The molecule has 29 heavy (non-hydrogen) atoms. The highest BCUT2D eigenvalue weighted by Gasteiger charge is 2.38. The molecule has 0 aliphatic carbocycles. The van der Waals surface area contributed by atoms with Crippen LogP contribution in [0.5, 0.6) is 0 Å². The number of amides is 1. The number of aromatic nitrogens is 2. The molecule has 1 amide bonds. The third kappa shape index (κ3) is 4.39. The van der Waals surface area contributed by atoms with Gasteiger partial charge in [0.15, 0.2) is 0 Å². The number of nitrogens with one attached hydrogen (secondary N) is 1. The van der Waals surface area contributed by atoms with Crippen molar-refractivity contribution in [2.45, 2.75) is 38.5 Å². The van der Waals surface area contributed by atoms with Gasteiger partial charge < -0.3 is 19.4 Å². The van der Waals surface area contributed by atoms with E-state index in [1.54, 1.807) is 11.1 Å². The van der Waals surface area contributed by atoms with Gasteiger partial charge in [-0.15, -0.1) is 0 Å². The Morgan fingerprint density at radius 3 is 2.83 bits per heavy atom. The van der Waals surface area contributed by atoms with E-state index < -0.39 is 6.09 Å². The number of rotatable bonds is 5. The molecule has 1 aliphatic rings. The normalized spacial score (nSPS) is 18.7. The highest BCUT2D eigenvalue weighted by molar-refractivity contribution is 5.79. The average Bonchev–Trinajstić information content (AvgIpc) is 3.31. The Bertz CT molecular complexity index is 1000. The van der Waals surface area contributed by atoms with Crippen LogP contribution in [0.1, 0.15) is 24.5 Å². The first-order valence-corrected chi connectivity index (χ1v) is 9.65. The van der Waals surface area contributed by atoms with Gasteiger partial charge in [0.1, 0.15) is 18.4 Å². The summed E-state index contributed by atoms with van der Waals surface area (Å²) in [4.78, 5) is 33.4. The minimum Gasteiger partial charge on any atom is -0.461 e. The predicted molar refractivity (Wildman–Crippen MR) is 107 cm³/mol. The second-order valence-electron chi connectivity index (χ2n) is 7.23. The van der Waals surface area contributed by atoms with Gasteiger partial charge in [-0.25, -0.2) is 9.78 Å². The number of esters is 1. The van der Waals surface area contributed by atoms with Crippen LogP contribution in [0.15, 0.2) is 54.9 Å². The lowest BCUT2D eigenvalue weighted by molar-refractivity contribution is -0.145. The molecule has 2 atom stereocenters. The van der Waals surface area contributed by atoms with Crippen molar-refractivity contribution in [2.75, 3.05) is 6.54 Å². The number of H-pyrrole nitrogens is 1. The fourth-order valence-corrected chi connectivity index (χ4v) is 3.85. The van der Waals surface area contributed by atoms with Crippen LogP contribution in [-0.2, 0) is 27.3 Å². The summed E-state index contributed by atoms with van der Waals surface area (Å²) in [6.45, 7) is 1.92. The Kier molecular flexibility index (Phi) is 5.46. The molecule has 1 aliphatic heterocycles. The summed E-state index contributed by atoms with van der Waals surface area (Å²) in [5.74, 6) is -0.343. The van der Waals surface area contributed by atoms with Crippen LogP contribution >= 0.6 is 0 Å². The van der Waals surface area contributed by atoms with Crippen molar-refractivity contribution >= 4 is 23.1 Å². The Hall–Kier alpha value is -3.35. The number of hydrogen-bond acceptors (Lipinski definition) is 5. The van der Waals surface area contributed by atoms with Crippen LogP contribution in [0.4, 0.5) is 4.79 Å². The van der Waals surface area contributed by atoms with Crippen LogP contribution in [0.25, 0.3) is 11.0 Å². The van der Waals surface area contributed by atoms with Gasteiger partial charge in [-0.3, -0.25) is 4.79 Å². The van der Waals surface area contributed by atoms with Gasteiger partial charge in [0.05, 0.1) is 6.54 Å². The lowest BCUT2D eigenvalue weighted by Crippen LogP contribution is -2.37. The second-order valence-corrected chi connectivity index (χ2v) is 7.23. The van der Waals surface area contributed by atoms with Crippen LogP contribution in [-0.4, -0.2) is 45.6 Å². The Morgan fingerprint density at radius 2 is 2.03 bits per heavy atom. The summed E-state index contributed by atoms with van der Waals surface area (Å²) in [7, 11) is 0. The lowest BCUT2D eigenvalue weighted by Gasteiger charge is -2.23. The Morgan fingerprint density at radius 1 is 1.21 bits per heavy atom. The average molecular weight is 393 g/mol. The molecule has 7 heteroatoms. The fourth-order valence-electron chi connectivity index (χ4n) is 3.85. The first-order chi connectivity index (χ1) is 14.1. The van der Waals surface area contributed by atoms with Gasteiger partial charge in [-0.1, -0.05) is 30.3 Å². The summed E-state index contributed by atoms with van der Waals surface area (Å²) >= 11 is 0. The highest BCUT2D eigenvalue weighted by Crippen LogP contribution is 2.27. The molecule has 0 radical (unpaired) electrons. The van der Waals surface area contributed by atoms with E-state index in [4.69, 9.17) is 9.47 Å². The van der Waals surface area contributed by atoms with E-state index in [1.165, 1.54) is 6.92 Å². The number of carbonyl (C=O) groups is 2. The number of hydrogen-bond donors (Lipinski definition) is 1. The second kappa shape index (κ2) is 8.34. The zero-order valence-electron chi connectivity index (χ0n) is 16.2. The van der Waals surface area contributed by atoms with Crippen LogP contribution in [0.2, 0.25) is 0 Å². The third-order valence-electron chi connectivity index (χ3n) is 5.14. The summed E-state index contributed by atoms with van der Waals surface area (Å²) in [6, 6.07) is 13.3. The quantitative estimate of drug-likeness (QED) is 0.671. The Balaban J connectivity index is 1.49. The number of pyridine rings is 1. The van der Waals surface area contributed by atoms with E-state index in [0.717, 1.165) is 22.2 Å². The molecule has 1 aromatic carbocycles. The number of carbonyl (C=O) groups excluding carboxylic acids is 2. The monoisotopic (exact) mass is 393 g/mol. The molecule has 3 aromatic rings. The predicted octanol–water partition coefficient (Wildman–Crippen LogP) is 3.45. The van der Waals surface area contributed by atoms with Crippen LogP contribution in [0.3, 0.4) is 0 Å². The smallest absolute Gasteiger partial charge is 0.410 e. The summed E-state index contributed by atoms with van der Waals surface area (Å²) in [6.07, 6.45) is 4.14. The zero-order valence-corrected chi connectivity index (χ0v) is 16.2. The molecule has 0 saturated carbocycles. The third-order valence-corrected chi connectivity index (χ3v) is 5.14. The SMILES string of the molecule is CC(=O)OC1CC(Cc2c[nH]c3ncccc23)N(C(=O)OCc2ccccc2)C1. The van der Waals surface area contributed by atoms with Crippen LogP contribution in [0, 0.1) is 0 Å². The number of aromatic amines is 1. The number of likely N-dealkylation sites (tertiary alicyclic amines) is 1. The topological polar surface area (TPSA) is 84.5 Å². The first kappa shape index (κ1) is 19.0. The van der Waals surface area contributed by atoms with Crippen molar-refractivity contribution in [3.63, 3.8) is 0 Å². The number of benzene rings is 1. The molecular formula is C22H23N3O4. The molecule has 3 heterocycles. The van der Waals surface area contributed by atoms with E-state index in [0.29, 0.717) is 19.4 Å². The molecule has 1 N–H and O–H groups in total. The van der Waals surface area contributed by atoms with Crippen molar-refractivity contribution in [1.82, 2.24) is 14.9 Å². The standard InChI is InChI=1S/C22H23N3O4/c1-15(26)29-19-11-18(10-17-12-24-21-20(17)8-5-9-23-21)25(13-19)22(27)28-14-16-6-3-2-4-7-16/h2-9,12,18-19H,10-11,13-14H2,1H3,(H,23,24). The maximum absolute atomic E-state index is 12.8. The van der Waals surface area contributed by atoms with E-state index >= 15 is 0 Å². The van der Waals surface area contributed by atoms with Gasteiger partial charge in [0, 0.05) is 37.2 Å². The number of nitrogens with zero attached hydrogens (tertiary/aromatic N) is 2. The molecule has 150 valence electrons. The van der Waals surface area contributed by atoms with Gasteiger partial charge in [0.2, 0.25) is 0 Å². The summed E-state index contributed by atoms with van der Waals surface area (Å²) < 4.78 is 10.9. The van der Waals surface area contributed by atoms with Gasteiger partial charge in [-0.2, -0.15) is 0 Å². The molecule has 0 bridgehead atoms. The molecule has 0 spiro atoms. The van der Waals surface area contributed by atoms with E-state index in [2.05, 4.69) is 9.97 Å². The molecule has 1 fully saturated rings. The van der Waals surface area contributed by atoms with Crippen molar-refractivity contribution in [2.24, 2.45) is 0 Å².